The first-order valence-electron chi connectivity index (χ1n) is 12.8. The van der Waals surface area contributed by atoms with Gasteiger partial charge in [0.15, 0.2) is 0 Å². The van der Waals surface area contributed by atoms with Crippen molar-refractivity contribution in [3.8, 4) is 22.9 Å². The van der Waals surface area contributed by atoms with Crippen molar-refractivity contribution >= 4 is 11.6 Å². The number of hydrogen-bond acceptors (Lipinski definition) is 7. The third-order valence-corrected chi connectivity index (χ3v) is 6.53. The number of hydrogen-bond donors (Lipinski definition) is 0. The topological polar surface area (TPSA) is 111 Å². The lowest BCUT2D eigenvalue weighted by Crippen LogP contribution is -2.43. The number of carbonyl (C=O) groups is 1. The van der Waals surface area contributed by atoms with Gasteiger partial charge in [-0.25, -0.2) is 13.7 Å². The first-order chi connectivity index (χ1) is 18.6. The number of amides is 1. The summed E-state index contributed by atoms with van der Waals surface area (Å²) in [6, 6.07) is 6.78. The number of ether oxygens (including phenoxy) is 2. The fraction of sp³-hybridized carbons (Fsp3) is 0.393. The van der Waals surface area contributed by atoms with E-state index in [1.165, 1.54) is 24.5 Å². The van der Waals surface area contributed by atoms with Gasteiger partial charge in [-0.3, -0.25) is 9.67 Å². The van der Waals surface area contributed by atoms with Crippen LogP contribution in [0.5, 0.6) is 5.75 Å². The standard InChI is InChI=1S/C28H30FN7O3/c1-18(25-23(29)8-5-9-31-25)38-24-11-19(15-36-26(24)20(12-30)13-33-36)21-14-32-35(16-21)22-7-6-10-34(17-22)27(37)39-28(2,3)4/h5,8-9,11,13-16,18,22H,6-7,10,17H2,1-4H3/t18-,22?/m1/s1. The molecular weight excluding hydrogens is 501 g/mol. The van der Waals surface area contributed by atoms with Crippen LogP contribution in [0.25, 0.3) is 16.6 Å². The van der Waals surface area contributed by atoms with Gasteiger partial charge in [0, 0.05) is 42.8 Å². The Morgan fingerprint density at radius 2 is 2.05 bits per heavy atom. The smallest absolute Gasteiger partial charge is 0.410 e. The molecule has 1 saturated heterocycles. The van der Waals surface area contributed by atoms with Crippen LogP contribution in [0.3, 0.4) is 0 Å². The van der Waals surface area contributed by atoms with Crippen LogP contribution < -0.4 is 4.74 Å². The summed E-state index contributed by atoms with van der Waals surface area (Å²) in [6.45, 7) is 8.41. The lowest BCUT2D eigenvalue weighted by molar-refractivity contribution is 0.0167. The van der Waals surface area contributed by atoms with Crippen molar-refractivity contribution in [1.29, 1.82) is 5.26 Å². The molecule has 0 aromatic carbocycles. The summed E-state index contributed by atoms with van der Waals surface area (Å²) < 4.78 is 29.5. The molecule has 2 atom stereocenters. The van der Waals surface area contributed by atoms with Crippen LogP contribution in [-0.4, -0.2) is 54.1 Å². The SMILES string of the molecule is C[C@@H](Oc1cc(-c2cnn(C3CCCN(C(=O)OC(C)(C)C)C3)c2)cn2ncc(C#N)c12)c1ncccc1F. The molecule has 5 rings (SSSR count). The van der Waals surface area contributed by atoms with Gasteiger partial charge in [-0.15, -0.1) is 0 Å². The number of nitrogens with zero attached hydrogens (tertiary/aromatic N) is 7. The highest BCUT2D eigenvalue weighted by Gasteiger charge is 2.29. The predicted molar refractivity (Wildman–Crippen MR) is 140 cm³/mol. The van der Waals surface area contributed by atoms with Gasteiger partial charge in [0.2, 0.25) is 0 Å². The molecule has 202 valence electrons. The van der Waals surface area contributed by atoms with Gasteiger partial charge in [0.05, 0.1) is 18.4 Å². The van der Waals surface area contributed by atoms with E-state index in [-0.39, 0.29) is 17.8 Å². The van der Waals surface area contributed by atoms with Gasteiger partial charge < -0.3 is 14.4 Å². The maximum Gasteiger partial charge on any atom is 0.410 e. The summed E-state index contributed by atoms with van der Waals surface area (Å²) in [7, 11) is 0. The van der Waals surface area contributed by atoms with E-state index in [1.54, 1.807) is 34.8 Å². The minimum atomic E-state index is -0.713. The Morgan fingerprint density at radius 1 is 1.23 bits per heavy atom. The molecule has 1 fully saturated rings. The quantitative estimate of drug-likeness (QED) is 0.343. The van der Waals surface area contributed by atoms with E-state index in [0.717, 1.165) is 24.0 Å². The summed E-state index contributed by atoms with van der Waals surface area (Å²) in [5.74, 6) is -0.0963. The second kappa shape index (κ2) is 10.4. The van der Waals surface area contributed by atoms with Crippen LogP contribution in [-0.2, 0) is 4.74 Å². The minimum absolute atomic E-state index is 0.00140. The molecule has 10 nitrogen and oxygen atoms in total. The summed E-state index contributed by atoms with van der Waals surface area (Å²) in [5.41, 5.74) is 1.99. The number of pyridine rings is 2. The summed E-state index contributed by atoms with van der Waals surface area (Å²) in [4.78, 5) is 18.5. The number of rotatable bonds is 5. The number of halogens is 1. The molecule has 0 spiro atoms. The van der Waals surface area contributed by atoms with Gasteiger partial charge >= 0.3 is 6.09 Å². The number of nitriles is 1. The predicted octanol–water partition coefficient (Wildman–Crippen LogP) is 5.32. The molecule has 1 amide bonds. The Kier molecular flexibility index (Phi) is 6.95. The summed E-state index contributed by atoms with van der Waals surface area (Å²) in [5, 5.41) is 18.5. The van der Waals surface area contributed by atoms with Crippen LogP contribution in [0.1, 0.15) is 63.9 Å². The van der Waals surface area contributed by atoms with Crippen molar-refractivity contribution < 1.29 is 18.7 Å². The molecule has 4 aromatic rings. The zero-order chi connectivity index (χ0) is 27.7. The van der Waals surface area contributed by atoms with Crippen molar-refractivity contribution in [2.45, 2.75) is 58.3 Å². The molecule has 5 heterocycles. The highest BCUT2D eigenvalue weighted by atomic mass is 19.1. The van der Waals surface area contributed by atoms with E-state index in [4.69, 9.17) is 9.47 Å². The summed E-state index contributed by atoms with van der Waals surface area (Å²) >= 11 is 0. The number of carbonyl (C=O) groups excluding carboxylic acids is 1. The van der Waals surface area contributed by atoms with E-state index >= 15 is 0 Å². The van der Waals surface area contributed by atoms with Crippen LogP contribution in [0, 0.1) is 17.1 Å². The molecule has 1 unspecified atom stereocenters. The molecule has 0 bridgehead atoms. The first kappa shape index (κ1) is 26.2. The van der Waals surface area contributed by atoms with Crippen molar-refractivity contribution in [3.05, 3.63) is 66.3 Å². The maximum absolute atomic E-state index is 14.4. The highest BCUT2D eigenvalue weighted by molar-refractivity contribution is 5.75. The number of aromatic nitrogens is 5. The van der Waals surface area contributed by atoms with Crippen LogP contribution in [0.15, 0.2) is 49.2 Å². The lowest BCUT2D eigenvalue weighted by atomic mass is 10.1. The van der Waals surface area contributed by atoms with Gasteiger partial charge in [-0.05, 0) is 58.7 Å². The fourth-order valence-electron chi connectivity index (χ4n) is 4.71. The molecule has 11 heteroatoms. The summed E-state index contributed by atoms with van der Waals surface area (Å²) in [6.07, 6.45) is 9.12. The molecule has 39 heavy (non-hydrogen) atoms. The third kappa shape index (κ3) is 5.55. The fourth-order valence-corrected chi connectivity index (χ4v) is 4.71. The molecule has 0 radical (unpaired) electrons. The van der Waals surface area contributed by atoms with Crippen LogP contribution >= 0.6 is 0 Å². The van der Waals surface area contributed by atoms with Gasteiger partial charge in [0.1, 0.15) is 46.1 Å². The maximum atomic E-state index is 14.4. The average Bonchev–Trinajstić information content (AvgIpc) is 3.56. The van der Waals surface area contributed by atoms with Crippen molar-refractivity contribution in [1.82, 2.24) is 29.3 Å². The van der Waals surface area contributed by atoms with E-state index in [0.29, 0.717) is 29.9 Å². The van der Waals surface area contributed by atoms with E-state index in [1.807, 2.05) is 31.6 Å². The monoisotopic (exact) mass is 531 g/mol. The molecule has 1 aliphatic rings. The van der Waals surface area contributed by atoms with Gasteiger partial charge in [-0.2, -0.15) is 15.5 Å². The molecular formula is C28H30FN7O3. The number of piperidine rings is 1. The Bertz CT molecular complexity index is 1550. The van der Waals surface area contributed by atoms with E-state index < -0.39 is 17.5 Å². The zero-order valence-corrected chi connectivity index (χ0v) is 22.3. The van der Waals surface area contributed by atoms with E-state index in [9.17, 15) is 14.4 Å². The number of likely N-dealkylation sites (tertiary alicyclic amines) is 1. The Balaban J connectivity index is 1.43. The molecule has 0 N–H and O–H groups in total. The van der Waals surface area contributed by atoms with Gasteiger partial charge in [-0.1, -0.05) is 0 Å². The van der Waals surface area contributed by atoms with E-state index in [2.05, 4.69) is 21.3 Å². The zero-order valence-electron chi connectivity index (χ0n) is 22.3. The molecule has 4 aromatic heterocycles. The van der Waals surface area contributed by atoms with Crippen molar-refractivity contribution in [3.63, 3.8) is 0 Å². The van der Waals surface area contributed by atoms with Crippen LogP contribution in [0.4, 0.5) is 9.18 Å². The Labute approximate surface area is 225 Å². The average molecular weight is 532 g/mol. The van der Waals surface area contributed by atoms with Crippen molar-refractivity contribution in [2.75, 3.05) is 13.1 Å². The van der Waals surface area contributed by atoms with Crippen LogP contribution in [0.2, 0.25) is 0 Å². The second-order valence-electron chi connectivity index (χ2n) is 10.6. The molecule has 1 aliphatic heterocycles. The normalized spacial score (nSPS) is 16.6. The van der Waals surface area contributed by atoms with Gasteiger partial charge in [0.25, 0.3) is 0 Å². The minimum Gasteiger partial charge on any atom is -0.482 e. The third-order valence-electron chi connectivity index (χ3n) is 6.53. The lowest BCUT2D eigenvalue weighted by Gasteiger charge is -2.34. The first-order valence-corrected chi connectivity index (χ1v) is 12.8. The molecule has 0 aliphatic carbocycles. The number of fused-ring (bicyclic) bond motifs is 1. The Hall–Kier alpha value is -4.46. The molecule has 0 saturated carbocycles. The Morgan fingerprint density at radius 3 is 2.79 bits per heavy atom. The van der Waals surface area contributed by atoms with Crippen molar-refractivity contribution in [2.24, 2.45) is 0 Å². The second-order valence-corrected chi connectivity index (χ2v) is 10.6. The highest BCUT2D eigenvalue weighted by Crippen LogP contribution is 2.34. The largest absolute Gasteiger partial charge is 0.482 e.